The molecule has 1 aromatic heterocycles. The van der Waals surface area contributed by atoms with Crippen LogP contribution in [0.1, 0.15) is 72.6 Å². The van der Waals surface area contributed by atoms with Gasteiger partial charge >= 0.3 is 0 Å². The molecule has 0 bridgehead atoms. The fourth-order valence-corrected chi connectivity index (χ4v) is 8.52. The van der Waals surface area contributed by atoms with E-state index in [1.165, 1.54) is 48.7 Å². The highest BCUT2D eigenvalue weighted by Crippen LogP contribution is 2.38. The summed E-state index contributed by atoms with van der Waals surface area (Å²) in [7, 11) is 0. The van der Waals surface area contributed by atoms with Gasteiger partial charge in [0.05, 0.1) is 38.3 Å². The molecule has 6 aromatic carbocycles. The monoisotopic (exact) mass is 957 g/mol. The minimum absolute atomic E-state index is 0.00397. The molecule has 2 aliphatic rings. The van der Waals surface area contributed by atoms with Gasteiger partial charge in [-0.1, -0.05) is 36.4 Å². The average Bonchev–Trinajstić information content (AvgIpc) is 3.37. The highest BCUT2D eigenvalue weighted by molar-refractivity contribution is 6.37. The molecule has 7 amide bonds. The zero-order valence-electron chi connectivity index (χ0n) is 37.2. The van der Waals surface area contributed by atoms with Crippen molar-refractivity contribution in [3.63, 3.8) is 0 Å². The van der Waals surface area contributed by atoms with Gasteiger partial charge in [0.2, 0.25) is 0 Å². The van der Waals surface area contributed by atoms with E-state index in [1.807, 2.05) is 6.07 Å². The standard InChI is InChI=1S/C49H39N11O11/c61-43(52-16-13-50-14-18-54-45(63)38-26-55-36-9-1-2-10-37(36)56-38)29-21-30(24-31(23-29)58-48(66)34-8-3-5-27-11-12-39(60(70)71)42(41(27)34)49(58)67)44(62)53-17-15-51-19-20-57-46(64)33-7-4-6-28-22-32(59(68)69)25-35(40(28)33)47(57)65/h1-12,21-26,50-51H,13-20H2,(H,52,61)(H,53,62)(H,54,63). The summed E-state index contributed by atoms with van der Waals surface area (Å²) in [6.45, 7) is 0.936. The number of fused-ring (bicyclic) bond motifs is 1. The zero-order chi connectivity index (χ0) is 49.9. The maximum absolute atomic E-state index is 14.2. The third-order valence-electron chi connectivity index (χ3n) is 11.9. The highest BCUT2D eigenvalue weighted by atomic mass is 16.6. The Kier molecular flexibility index (Phi) is 12.9. The molecule has 0 radical (unpaired) electrons. The quantitative estimate of drug-likeness (QED) is 0.0353. The first kappa shape index (κ1) is 46.7. The predicted molar refractivity (Wildman–Crippen MR) is 256 cm³/mol. The van der Waals surface area contributed by atoms with Gasteiger partial charge in [0.15, 0.2) is 0 Å². The van der Waals surface area contributed by atoms with Gasteiger partial charge in [-0.25, -0.2) is 9.88 Å². The number of carbonyl (C=O) groups is 7. The normalized spacial score (nSPS) is 13.0. The Bertz CT molecular complexity index is 3450. The second-order valence-electron chi connectivity index (χ2n) is 16.3. The van der Waals surface area contributed by atoms with E-state index in [1.54, 1.807) is 48.5 Å². The Balaban J connectivity index is 0.856. The van der Waals surface area contributed by atoms with Crippen molar-refractivity contribution in [3.8, 4) is 0 Å². The van der Waals surface area contributed by atoms with Crippen LogP contribution in [-0.2, 0) is 0 Å². The van der Waals surface area contributed by atoms with Crippen molar-refractivity contribution >= 4 is 91.0 Å². The van der Waals surface area contributed by atoms with Crippen molar-refractivity contribution in [2.45, 2.75) is 0 Å². The number of aromatic nitrogens is 2. The first-order chi connectivity index (χ1) is 34.3. The van der Waals surface area contributed by atoms with Crippen LogP contribution < -0.4 is 31.5 Å². The summed E-state index contributed by atoms with van der Waals surface area (Å²) >= 11 is 0. The number of nitrogens with one attached hydrogen (secondary N) is 5. The summed E-state index contributed by atoms with van der Waals surface area (Å²) in [5, 5.41) is 39.3. The van der Waals surface area contributed by atoms with Crippen molar-refractivity contribution in [2.75, 3.05) is 57.3 Å². The molecule has 0 atom stereocenters. The van der Waals surface area contributed by atoms with Gasteiger partial charge in [-0.15, -0.1) is 0 Å². The van der Waals surface area contributed by atoms with Crippen LogP contribution in [0.2, 0.25) is 0 Å². The Hall–Kier alpha value is -9.41. The Morgan fingerprint density at radius 3 is 1.82 bits per heavy atom. The number of amides is 7. The molecule has 7 aromatic rings. The van der Waals surface area contributed by atoms with Gasteiger partial charge in [0.25, 0.3) is 52.7 Å². The van der Waals surface area contributed by atoms with Crippen LogP contribution in [0.25, 0.3) is 32.6 Å². The van der Waals surface area contributed by atoms with Crippen LogP contribution >= 0.6 is 0 Å². The van der Waals surface area contributed by atoms with Crippen LogP contribution in [0.5, 0.6) is 0 Å². The Morgan fingerprint density at radius 1 is 0.549 bits per heavy atom. The van der Waals surface area contributed by atoms with Crippen LogP contribution in [0.15, 0.2) is 109 Å². The smallest absolute Gasteiger partial charge is 0.282 e. The molecule has 9 rings (SSSR count). The van der Waals surface area contributed by atoms with Crippen molar-refractivity contribution in [1.29, 1.82) is 0 Å². The SMILES string of the molecule is O=C(NCCNCCNC(=O)c1cnc2ccccc2n1)c1cc(C(=O)NCCNCCN2C(=O)c3cccc4cc([N+](=O)[O-])cc(c34)C2=O)cc(N2C(=O)c3cccc4ccc([N+](=O)[O-])c(c34)C2=O)c1. The van der Waals surface area contributed by atoms with Crippen molar-refractivity contribution in [2.24, 2.45) is 0 Å². The lowest BCUT2D eigenvalue weighted by atomic mass is 9.92. The predicted octanol–water partition coefficient (Wildman–Crippen LogP) is 3.92. The Labute approximate surface area is 400 Å². The van der Waals surface area contributed by atoms with E-state index in [0.717, 1.165) is 11.0 Å². The van der Waals surface area contributed by atoms with E-state index < -0.39 is 56.9 Å². The van der Waals surface area contributed by atoms with E-state index >= 15 is 0 Å². The molecule has 0 aliphatic carbocycles. The lowest BCUT2D eigenvalue weighted by Gasteiger charge is -2.27. The van der Waals surface area contributed by atoms with Gasteiger partial charge in [-0.05, 0) is 59.3 Å². The number of benzene rings is 6. The van der Waals surface area contributed by atoms with Crippen molar-refractivity contribution < 1.29 is 43.4 Å². The van der Waals surface area contributed by atoms with Crippen LogP contribution in [0, 0.1) is 20.2 Å². The number of nitrogens with zero attached hydrogens (tertiary/aromatic N) is 6. The number of hydrogen-bond acceptors (Lipinski definition) is 15. The summed E-state index contributed by atoms with van der Waals surface area (Å²) in [5.41, 5.74) is -0.00686. The molecule has 0 unspecified atom stereocenters. The van der Waals surface area contributed by atoms with Crippen LogP contribution in [0.3, 0.4) is 0 Å². The van der Waals surface area contributed by atoms with E-state index in [-0.39, 0.29) is 102 Å². The van der Waals surface area contributed by atoms with Crippen molar-refractivity contribution in [1.82, 2.24) is 41.5 Å². The topological polar surface area (TPSA) is 298 Å². The highest BCUT2D eigenvalue weighted by Gasteiger charge is 2.40. The fraction of sp³-hybridized carbons (Fsp3) is 0.163. The molecule has 356 valence electrons. The largest absolute Gasteiger partial charge is 0.351 e. The first-order valence-corrected chi connectivity index (χ1v) is 22.1. The zero-order valence-corrected chi connectivity index (χ0v) is 37.2. The lowest BCUT2D eigenvalue weighted by molar-refractivity contribution is -0.385. The molecule has 5 N–H and O–H groups in total. The molecule has 22 nitrogen and oxygen atoms in total. The maximum atomic E-state index is 14.2. The molecular weight excluding hydrogens is 919 g/mol. The minimum Gasteiger partial charge on any atom is -0.351 e. The van der Waals surface area contributed by atoms with Gasteiger partial charge in [-0.2, -0.15) is 0 Å². The number of rotatable bonds is 18. The van der Waals surface area contributed by atoms with Crippen molar-refractivity contribution in [3.05, 3.63) is 169 Å². The molecule has 0 saturated carbocycles. The van der Waals surface area contributed by atoms with E-state index in [0.29, 0.717) is 38.6 Å². The number of nitro benzene ring substituents is 2. The number of non-ortho nitro benzene ring substituents is 1. The Morgan fingerprint density at radius 2 is 1.15 bits per heavy atom. The number of hydrogen-bond donors (Lipinski definition) is 5. The average molecular weight is 958 g/mol. The van der Waals surface area contributed by atoms with Crippen LogP contribution in [-0.4, -0.2) is 118 Å². The van der Waals surface area contributed by atoms with Crippen LogP contribution in [0.4, 0.5) is 17.1 Å². The summed E-state index contributed by atoms with van der Waals surface area (Å²) in [4.78, 5) is 128. The summed E-state index contributed by atoms with van der Waals surface area (Å²) < 4.78 is 0. The lowest BCUT2D eigenvalue weighted by Crippen LogP contribution is -2.44. The molecule has 0 fully saturated rings. The van der Waals surface area contributed by atoms with E-state index in [9.17, 15) is 53.8 Å². The third kappa shape index (κ3) is 9.17. The second kappa shape index (κ2) is 19.7. The van der Waals surface area contributed by atoms with Gasteiger partial charge in [-0.3, -0.25) is 63.7 Å². The molecule has 2 aliphatic heterocycles. The summed E-state index contributed by atoms with van der Waals surface area (Å²) in [6.07, 6.45) is 1.39. The minimum atomic E-state index is -1.04. The molecule has 22 heteroatoms. The molecule has 0 spiro atoms. The number of anilines is 1. The second-order valence-corrected chi connectivity index (χ2v) is 16.3. The van der Waals surface area contributed by atoms with E-state index in [2.05, 4.69) is 36.6 Å². The molecule has 71 heavy (non-hydrogen) atoms. The third-order valence-corrected chi connectivity index (χ3v) is 11.9. The van der Waals surface area contributed by atoms with Gasteiger partial charge < -0.3 is 26.6 Å². The molecule has 0 saturated heterocycles. The van der Waals surface area contributed by atoms with E-state index in [4.69, 9.17) is 0 Å². The number of carbonyl (C=O) groups excluding carboxylic acids is 7. The first-order valence-electron chi connectivity index (χ1n) is 22.1. The summed E-state index contributed by atoms with van der Waals surface area (Å²) in [5.74, 6) is -4.96. The number of nitro groups is 2. The number of para-hydroxylation sites is 2. The summed E-state index contributed by atoms with van der Waals surface area (Å²) in [6, 6.07) is 25.2. The van der Waals surface area contributed by atoms with Gasteiger partial charge in [0, 0.05) is 104 Å². The number of imide groups is 2. The fourth-order valence-electron chi connectivity index (χ4n) is 8.52. The maximum Gasteiger partial charge on any atom is 0.282 e. The molecule has 3 heterocycles. The molecular formula is C49H39N11O11. The van der Waals surface area contributed by atoms with Gasteiger partial charge in [0.1, 0.15) is 11.3 Å².